The number of aromatic hydroxyl groups is 1. The Hall–Kier alpha value is -1.55. The van der Waals surface area contributed by atoms with Crippen LogP contribution in [-0.2, 0) is 0 Å². The van der Waals surface area contributed by atoms with Crippen molar-refractivity contribution in [2.24, 2.45) is 0 Å². The molecule has 18 heavy (non-hydrogen) atoms. The Morgan fingerprint density at radius 1 is 1.44 bits per heavy atom. The molecule has 1 aromatic carbocycles. The van der Waals surface area contributed by atoms with Gasteiger partial charge in [-0.05, 0) is 50.6 Å². The van der Waals surface area contributed by atoms with Gasteiger partial charge in [0.05, 0.1) is 0 Å². The molecule has 1 unspecified atom stereocenters. The minimum absolute atomic E-state index is 0.0474. The fraction of sp³-hybridized carbons (Fsp3) is 0.500. The number of carbonyl (C=O) groups is 1. The molecule has 1 aliphatic heterocycles. The van der Waals surface area contributed by atoms with Gasteiger partial charge in [0.2, 0.25) is 0 Å². The van der Waals surface area contributed by atoms with Crippen molar-refractivity contribution in [1.82, 2.24) is 10.2 Å². The lowest BCUT2D eigenvalue weighted by Crippen LogP contribution is -2.48. The van der Waals surface area contributed by atoms with Crippen LogP contribution in [0.3, 0.4) is 0 Å². The van der Waals surface area contributed by atoms with E-state index in [0.717, 1.165) is 25.9 Å². The fourth-order valence-electron chi connectivity index (χ4n) is 2.44. The molecule has 1 aliphatic rings. The van der Waals surface area contributed by atoms with E-state index in [0.29, 0.717) is 12.1 Å². The smallest absolute Gasteiger partial charge is 0.254 e. The van der Waals surface area contributed by atoms with Crippen LogP contribution in [0, 0.1) is 0 Å². The summed E-state index contributed by atoms with van der Waals surface area (Å²) in [5.74, 6) is 0.236. The number of hydrogen-bond donors (Lipinski definition) is 2. The van der Waals surface area contributed by atoms with Gasteiger partial charge in [-0.3, -0.25) is 4.79 Å². The second-order valence-electron chi connectivity index (χ2n) is 4.64. The van der Waals surface area contributed by atoms with E-state index in [4.69, 9.17) is 0 Å². The van der Waals surface area contributed by atoms with E-state index in [-0.39, 0.29) is 17.7 Å². The van der Waals surface area contributed by atoms with Crippen LogP contribution in [0.15, 0.2) is 24.3 Å². The topological polar surface area (TPSA) is 52.6 Å². The Bertz CT molecular complexity index is 397. The van der Waals surface area contributed by atoms with Crippen molar-refractivity contribution in [1.29, 1.82) is 0 Å². The highest BCUT2D eigenvalue weighted by molar-refractivity contribution is 5.94. The van der Waals surface area contributed by atoms with Gasteiger partial charge in [-0.15, -0.1) is 0 Å². The number of phenols is 1. The van der Waals surface area contributed by atoms with E-state index in [1.165, 1.54) is 0 Å². The SMILES string of the molecule is CCN(C(=O)c1ccc(O)cc1)C1CCCNC1. The average molecular weight is 248 g/mol. The molecular weight excluding hydrogens is 228 g/mol. The van der Waals surface area contributed by atoms with Crippen molar-refractivity contribution < 1.29 is 9.90 Å². The van der Waals surface area contributed by atoms with Gasteiger partial charge >= 0.3 is 0 Å². The number of phenolic OH excluding ortho intramolecular Hbond substituents is 1. The summed E-state index contributed by atoms with van der Waals surface area (Å²) in [4.78, 5) is 14.3. The summed E-state index contributed by atoms with van der Waals surface area (Å²) in [6, 6.07) is 6.75. The summed E-state index contributed by atoms with van der Waals surface area (Å²) >= 11 is 0. The van der Waals surface area contributed by atoms with Gasteiger partial charge < -0.3 is 15.3 Å². The van der Waals surface area contributed by atoms with E-state index in [1.54, 1.807) is 24.3 Å². The number of rotatable bonds is 3. The van der Waals surface area contributed by atoms with Crippen molar-refractivity contribution in [3.8, 4) is 5.75 Å². The summed E-state index contributed by atoms with van der Waals surface area (Å²) < 4.78 is 0. The zero-order valence-corrected chi connectivity index (χ0v) is 10.7. The van der Waals surface area contributed by atoms with Gasteiger partial charge in [0, 0.05) is 24.7 Å². The number of nitrogens with zero attached hydrogens (tertiary/aromatic N) is 1. The zero-order chi connectivity index (χ0) is 13.0. The first-order valence-electron chi connectivity index (χ1n) is 6.53. The highest BCUT2D eigenvalue weighted by atomic mass is 16.3. The molecule has 0 radical (unpaired) electrons. The van der Waals surface area contributed by atoms with Gasteiger partial charge in [-0.25, -0.2) is 0 Å². The highest BCUT2D eigenvalue weighted by Crippen LogP contribution is 2.16. The Balaban J connectivity index is 2.11. The molecule has 0 saturated carbocycles. The Morgan fingerprint density at radius 2 is 2.17 bits per heavy atom. The van der Waals surface area contributed by atoms with Crippen LogP contribution in [0.1, 0.15) is 30.1 Å². The molecule has 0 bridgehead atoms. The van der Waals surface area contributed by atoms with E-state index < -0.39 is 0 Å². The average Bonchev–Trinajstić information content (AvgIpc) is 2.41. The van der Waals surface area contributed by atoms with E-state index in [2.05, 4.69) is 5.32 Å². The van der Waals surface area contributed by atoms with E-state index in [9.17, 15) is 9.90 Å². The molecule has 2 N–H and O–H groups in total. The summed E-state index contributed by atoms with van der Waals surface area (Å²) in [7, 11) is 0. The molecule has 1 atom stereocenters. The standard InChI is InChI=1S/C14H20N2O2/c1-2-16(12-4-3-9-15-10-12)14(18)11-5-7-13(17)8-6-11/h5-8,12,15,17H,2-4,9-10H2,1H3. The van der Waals surface area contributed by atoms with Crippen molar-refractivity contribution >= 4 is 5.91 Å². The lowest BCUT2D eigenvalue weighted by molar-refractivity contribution is 0.0662. The summed E-state index contributed by atoms with van der Waals surface area (Å²) in [6.07, 6.45) is 2.18. The number of hydrogen-bond acceptors (Lipinski definition) is 3. The molecule has 4 nitrogen and oxygen atoms in total. The number of carbonyl (C=O) groups excluding carboxylic acids is 1. The summed E-state index contributed by atoms with van der Waals surface area (Å²) in [5, 5.41) is 12.6. The third-order valence-corrected chi connectivity index (χ3v) is 3.43. The lowest BCUT2D eigenvalue weighted by Gasteiger charge is -2.34. The molecule has 0 spiro atoms. The van der Waals surface area contributed by atoms with Crippen molar-refractivity contribution in [2.45, 2.75) is 25.8 Å². The van der Waals surface area contributed by atoms with Gasteiger partial charge in [-0.1, -0.05) is 0 Å². The predicted molar refractivity (Wildman–Crippen MR) is 70.7 cm³/mol. The van der Waals surface area contributed by atoms with E-state index >= 15 is 0 Å². The molecule has 1 fully saturated rings. The highest BCUT2D eigenvalue weighted by Gasteiger charge is 2.24. The molecule has 0 aromatic heterocycles. The van der Waals surface area contributed by atoms with E-state index in [1.807, 2.05) is 11.8 Å². The van der Waals surface area contributed by atoms with Crippen LogP contribution < -0.4 is 5.32 Å². The summed E-state index contributed by atoms with van der Waals surface area (Å²) in [6.45, 7) is 4.64. The molecule has 2 rings (SSSR count). The first-order valence-corrected chi connectivity index (χ1v) is 6.53. The van der Waals surface area contributed by atoms with Crippen LogP contribution in [0.25, 0.3) is 0 Å². The minimum Gasteiger partial charge on any atom is -0.508 e. The molecule has 1 amide bonds. The maximum atomic E-state index is 12.4. The summed E-state index contributed by atoms with van der Waals surface area (Å²) in [5.41, 5.74) is 0.639. The molecule has 1 aromatic rings. The fourth-order valence-corrected chi connectivity index (χ4v) is 2.44. The van der Waals surface area contributed by atoms with Crippen molar-refractivity contribution in [2.75, 3.05) is 19.6 Å². The van der Waals surface area contributed by atoms with Gasteiger partial charge in [0.15, 0.2) is 0 Å². The maximum absolute atomic E-state index is 12.4. The molecule has 98 valence electrons. The van der Waals surface area contributed by atoms with Crippen LogP contribution in [0.5, 0.6) is 5.75 Å². The predicted octanol–water partition coefficient (Wildman–Crippen LogP) is 1.61. The third-order valence-electron chi connectivity index (χ3n) is 3.43. The largest absolute Gasteiger partial charge is 0.508 e. The Morgan fingerprint density at radius 3 is 2.72 bits per heavy atom. The first-order chi connectivity index (χ1) is 8.72. The number of likely N-dealkylation sites (N-methyl/N-ethyl adjacent to an activating group) is 1. The molecule has 0 aliphatic carbocycles. The van der Waals surface area contributed by atoms with Gasteiger partial charge in [0.1, 0.15) is 5.75 Å². The van der Waals surface area contributed by atoms with Gasteiger partial charge in [-0.2, -0.15) is 0 Å². The van der Waals surface area contributed by atoms with Crippen LogP contribution in [0.4, 0.5) is 0 Å². The molecule has 1 saturated heterocycles. The third kappa shape index (κ3) is 2.82. The second kappa shape index (κ2) is 5.87. The zero-order valence-electron chi connectivity index (χ0n) is 10.7. The Kier molecular flexibility index (Phi) is 4.20. The Labute approximate surface area is 108 Å². The van der Waals surface area contributed by atoms with Crippen molar-refractivity contribution in [3.63, 3.8) is 0 Å². The normalized spacial score (nSPS) is 19.5. The second-order valence-corrected chi connectivity index (χ2v) is 4.64. The maximum Gasteiger partial charge on any atom is 0.254 e. The van der Waals surface area contributed by atoms with Crippen LogP contribution in [0.2, 0.25) is 0 Å². The molecule has 1 heterocycles. The lowest BCUT2D eigenvalue weighted by atomic mass is 10.0. The molecule has 4 heteroatoms. The number of amides is 1. The van der Waals surface area contributed by atoms with Gasteiger partial charge in [0.25, 0.3) is 5.91 Å². The van der Waals surface area contributed by atoms with Crippen LogP contribution >= 0.6 is 0 Å². The number of benzene rings is 1. The number of nitrogens with one attached hydrogen (secondary N) is 1. The number of piperidine rings is 1. The van der Waals surface area contributed by atoms with Crippen LogP contribution in [-0.4, -0.2) is 41.6 Å². The first kappa shape index (κ1) is 12.9. The molecular formula is C14H20N2O2. The quantitative estimate of drug-likeness (QED) is 0.854. The monoisotopic (exact) mass is 248 g/mol. The van der Waals surface area contributed by atoms with Crippen molar-refractivity contribution in [3.05, 3.63) is 29.8 Å². The minimum atomic E-state index is 0.0474.